The Labute approximate surface area is 170 Å². The molecule has 2 amide bonds. The Kier molecular flexibility index (Phi) is 6.99. The van der Waals surface area contributed by atoms with Gasteiger partial charge >= 0.3 is 6.09 Å². The topological polar surface area (TPSA) is 87.7 Å². The van der Waals surface area contributed by atoms with Gasteiger partial charge in [-0.25, -0.2) is 14.8 Å². The zero-order chi connectivity index (χ0) is 20.6. The molecule has 0 atom stereocenters. The highest BCUT2D eigenvalue weighted by Crippen LogP contribution is 2.19. The highest BCUT2D eigenvalue weighted by molar-refractivity contribution is 5.93. The number of carbonyl (C=O) groups is 2. The van der Waals surface area contributed by atoms with E-state index in [4.69, 9.17) is 4.74 Å². The van der Waals surface area contributed by atoms with Crippen molar-refractivity contribution in [3.63, 3.8) is 0 Å². The molecule has 8 nitrogen and oxygen atoms in total. The fourth-order valence-electron chi connectivity index (χ4n) is 3.09. The van der Waals surface area contributed by atoms with Crippen molar-refractivity contribution in [2.75, 3.05) is 44.6 Å². The van der Waals surface area contributed by atoms with E-state index in [0.717, 1.165) is 18.5 Å². The zero-order valence-electron chi connectivity index (χ0n) is 16.9. The lowest BCUT2D eigenvalue weighted by molar-refractivity contribution is 0.0566. The second-order valence-electron chi connectivity index (χ2n) is 6.73. The minimum atomic E-state index is -0.334. The molecule has 1 aromatic heterocycles. The van der Waals surface area contributed by atoms with Crippen LogP contribution in [-0.2, 0) is 4.74 Å². The molecular weight excluding hydrogens is 370 g/mol. The maximum absolute atomic E-state index is 13.1. The third kappa shape index (κ3) is 5.22. The van der Waals surface area contributed by atoms with Crippen LogP contribution in [0, 0.1) is 0 Å². The van der Waals surface area contributed by atoms with E-state index in [2.05, 4.69) is 22.2 Å². The van der Waals surface area contributed by atoms with Crippen LogP contribution in [-0.4, -0.2) is 71.1 Å². The lowest BCUT2D eigenvalue weighted by atomic mass is 10.2. The minimum Gasteiger partial charge on any atom is -0.450 e. The number of hydrogen-bond acceptors (Lipinski definition) is 6. The number of piperazine rings is 1. The number of hydrogen-bond donors (Lipinski definition) is 1. The molecule has 154 valence electrons. The summed E-state index contributed by atoms with van der Waals surface area (Å²) in [6, 6.07) is 11.3. The largest absolute Gasteiger partial charge is 0.450 e. The average molecular weight is 397 g/mol. The quantitative estimate of drug-likeness (QED) is 0.806. The SMILES string of the molecule is CCCNc1cc(C(=O)N2CCN(C(=O)OCC)CC2)nc(-c2ccccc2)n1. The van der Waals surface area contributed by atoms with E-state index in [-0.39, 0.29) is 12.0 Å². The van der Waals surface area contributed by atoms with Gasteiger partial charge < -0.3 is 19.9 Å². The monoisotopic (exact) mass is 397 g/mol. The van der Waals surface area contributed by atoms with E-state index in [0.29, 0.717) is 50.1 Å². The summed E-state index contributed by atoms with van der Waals surface area (Å²) in [6.45, 7) is 6.73. The Morgan fingerprint density at radius 1 is 1.03 bits per heavy atom. The molecule has 8 heteroatoms. The molecule has 3 rings (SSSR count). The van der Waals surface area contributed by atoms with Gasteiger partial charge in [-0.2, -0.15) is 0 Å². The number of aromatic nitrogens is 2. The molecule has 29 heavy (non-hydrogen) atoms. The van der Waals surface area contributed by atoms with Crippen LogP contribution in [0.3, 0.4) is 0 Å². The van der Waals surface area contributed by atoms with E-state index >= 15 is 0 Å². The standard InChI is InChI=1S/C21H27N5O3/c1-3-10-22-18-15-17(23-19(24-18)16-8-6-5-7-9-16)20(27)25-11-13-26(14-12-25)21(28)29-4-2/h5-9,15H,3-4,10-14H2,1-2H3,(H,22,23,24). The number of ether oxygens (including phenoxy) is 1. The van der Waals surface area contributed by atoms with Crippen molar-refractivity contribution in [2.45, 2.75) is 20.3 Å². The summed E-state index contributed by atoms with van der Waals surface area (Å²) in [5.74, 6) is 0.988. The predicted octanol–water partition coefficient (Wildman–Crippen LogP) is 2.88. The van der Waals surface area contributed by atoms with Crippen LogP contribution in [0.4, 0.5) is 10.6 Å². The summed E-state index contributed by atoms with van der Waals surface area (Å²) in [4.78, 5) is 37.4. The number of benzene rings is 1. The molecule has 0 unspecified atom stereocenters. The molecule has 1 aliphatic heterocycles. The second kappa shape index (κ2) is 9.86. The molecule has 2 heterocycles. The average Bonchev–Trinajstić information content (AvgIpc) is 2.78. The first-order chi connectivity index (χ1) is 14.1. The Hall–Kier alpha value is -3.16. The molecular formula is C21H27N5O3. The third-order valence-corrected chi connectivity index (χ3v) is 4.63. The van der Waals surface area contributed by atoms with E-state index < -0.39 is 0 Å². The Balaban J connectivity index is 1.78. The molecule has 1 fully saturated rings. The van der Waals surface area contributed by atoms with Gasteiger partial charge in [-0.1, -0.05) is 37.3 Å². The number of carbonyl (C=O) groups excluding carboxylic acids is 2. The normalized spacial score (nSPS) is 13.9. The van der Waals surface area contributed by atoms with Crippen molar-refractivity contribution < 1.29 is 14.3 Å². The molecule has 1 N–H and O–H groups in total. The molecule has 0 spiro atoms. The van der Waals surface area contributed by atoms with Crippen LogP contribution in [0.25, 0.3) is 11.4 Å². The smallest absolute Gasteiger partial charge is 0.409 e. The van der Waals surface area contributed by atoms with Crippen LogP contribution >= 0.6 is 0 Å². The summed E-state index contributed by atoms with van der Waals surface area (Å²) in [5.41, 5.74) is 1.20. The number of rotatable bonds is 6. The van der Waals surface area contributed by atoms with E-state index in [1.807, 2.05) is 30.3 Å². The van der Waals surface area contributed by atoms with E-state index in [1.165, 1.54) is 0 Å². The van der Waals surface area contributed by atoms with Gasteiger partial charge in [-0.15, -0.1) is 0 Å². The highest BCUT2D eigenvalue weighted by Gasteiger charge is 2.26. The molecule has 1 saturated heterocycles. The summed E-state index contributed by atoms with van der Waals surface area (Å²) < 4.78 is 5.03. The highest BCUT2D eigenvalue weighted by atomic mass is 16.6. The van der Waals surface area contributed by atoms with Gasteiger partial charge in [-0.05, 0) is 13.3 Å². The zero-order valence-corrected chi connectivity index (χ0v) is 16.9. The Bertz CT molecular complexity index is 835. The minimum absolute atomic E-state index is 0.160. The maximum Gasteiger partial charge on any atom is 0.409 e. The maximum atomic E-state index is 13.1. The van der Waals surface area contributed by atoms with Crippen molar-refractivity contribution in [3.8, 4) is 11.4 Å². The van der Waals surface area contributed by atoms with Gasteiger partial charge in [0.1, 0.15) is 11.5 Å². The van der Waals surface area contributed by atoms with Crippen LogP contribution in [0.2, 0.25) is 0 Å². The Morgan fingerprint density at radius 3 is 2.38 bits per heavy atom. The van der Waals surface area contributed by atoms with Crippen LogP contribution in [0.5, 0.6) is 0 Å². The fraction of sp³-hybridized carbons (Fsp3) is 0.429. The summed E-state index contributed by atoms with van der Waals surface area (Å²) in [6.07, 6.45) is 0.614. The molecule has 1 aliphatic rings. The van der Waals surface area contributed by atoms with Crippen LogP contribution < -0.4 is 5.32 Å². The van der Waals surface area contributed by atoms with Crippen molar-refractivity contribution in [3.05, 3.63) is 42.1 Å². The van der Waals surface area contributed by atoms with Gasteiger partial charge in [0.05, 0.1) is 6.61 Å². The van der Waals surface area contributed by atoms with Crippen LogP contribution in [0.1, 0.15) is 30.8 Å². The Morgan fingerprint density at radius 2 is 1.72 bits per heavy atom. The molecule has 0 bridgehead atoms. The molecule has 1 aromatic carbocycles. The number of amides is 2. The van der Waals surface area contributed by atoms with Gasteiger partial charge in [0.2, 0.25) is 0 Å². The lowest BCUT2D eigenvalue weighted by Gasteiger charge is -2.33. The second-order valence-corrected chi connectivity index (χ2v) is 6.73. The van der Waals surface area contributed by atoms with Gasteiger partial charge in [-0.3, -0.25) is 4.79 Å². The van der Waals surface area contributed by atoms with E-state index in [1.54, 1.807) is 22.8 Å². The molecule has 0 saturated carbocycles. The van der Waals surface area contributed by atoms with Crippen molar-refractivity contribution in [1.82, 2.24) is 19.8 Å². The van der Waals surface area contributed by atoms with Crippen molar-refractivity contribution in [1.29, 1.82) is 0 Å². The fourth-order valence-corrected chi connectivity index (χ4v) is 3.09. The van der Waals surface area contributed by atoms with E-state index in [9.17, 15) is 9.59 Å². The first-order valence-corrected chi connectivity index (χ1v) is 10.0. The molecule has 0 aliphatic carbocycles. The first kappa shape index (κ1) is 20.6. The summed E-state index contributed by atoms with van der Waals surface area (Å²) in [7, 11) is 0. The van der Waals surface area contributed by atoms with Gasteiger partial charge in [0, 0.05) is 44.4 Å². The van der Waals surface area contributed by atoms with Crippen molar-refractivity contribution in [2.24, 2.45) is 0 Å². The summed E-state index contributed by atoms with van der Waals surface area (Å²) in [5, 5.41) is 3.25. The third-order valence-electron chi connectivity index (χ3n) is 4.63. The van der Waals surface area contributed by atoms with Gasteiger partial charge in [0.25, 0.3) is 5.91 Å². The van der Waals surface area contributed by atoms with Crippen molar-refractivity contribution >= 4 is 17.8 Å². The lowest BCUT2D eigenvalue weighted by Crippen LogP contribution is -2.50. The number of nitrogens with one attached hydrogen (secondary N) is 1. The molecule has 2 aromatic rings. The summed E-state index contributed by atoms with van der Waals surface area (Å²) >= 11 is 0. The van der Waals surface area contributed by atoms with Crippen LogP contribution in [0.15, 0.2) is 36.4 Å². The van der Waals surface area contributed by atoms with Gasteiger partial charge in [0.15, 0.2) is 5.82 Å². The number of anilines is 1. The number of nitrogens with zero attached hydrogens (tertiary/aromatic N) is 4. The molecule has 0 radical (unpaired) electrons. The predicted molar refractivity (Wildman–Crippen MR) is 111 cm³/mol. The first-order valence-electron chi connectivity index (χ1n) is 10.0.